The van der Waals surface area contributed by atoms with Crippen molar-refractivity contribution in [3.63, 3.8) is 0 Å². The molecule has 0 fully saturated rings. The largest absolute Gasteiger partial charge is 0.480 e. The minimum atomic E-state index is -2.76. The molecule has 0 aliphatic heterocycles. The van der Waals surface area contributed by atoms with E-state index in [0.717, 1.165) is 12.1 Å². The Morgan fingerprint density at radius 1 is 1.18 bits per heavy atom. The van der Waals surface area contributed by atoms with Crippen molar-refractivity contribution in [3.05, 3.63) is 52.3 Å². The number of amides is 1. The van der Waals surface area contributed by atoms with Crippen molar-refractivity contribution in [2.75, 3.05) is 0 Å². The fourth-order valence-electron chi connectivity index (χ4n) is 3.39. The Morgan fingerprint density at radius 2 is 1.86 bits per heavy atom. The number of hydrogen-bond acceptors (Lipinski definition) is 3. The highest BCUT2D eigenvalue weighted by atomic mass is 19.3. The Kier molecular flexibility index (Phi) is 5.66. The van der Waals surface area contributed by atoms with Crippen LogP contribution in [0.3, 0.4) is 0 Å². The van der Waals surface area contributed by atoms with Crippen molar-refractivity contribution < 1.29 is 32.3 Å². The lowest BCUT2D eigenvalue weighted by Crippen LogP contribution is -2.44. The molecule has 1 aromatic heterocycles. The Balaban J connectivity index is 1.72. The fraction of sp³-hybridized carbons (Fsp3) is 0.389. The summed E-state index contributed by atoms with van der Waals surface area (Å²) in [4.78, 5) is 23.7. The van der Waals surface area contributed by atoms with Crippen LogP contribution in [-0.2, 0) is 35.4 Å². The molecule has 1 atom stereocenters. The van der Waals surface area contributed by atoms with Crippen LogP contribution in [0, 0.1) is 11.6 Å². The van der Waals surface area contributed by atoms with Crippen LogP contribution in [0.4, 0.5) is 17.6 Å². The first kappa shape index (κ1) is 19.8. The van der Waals surface area contributed by atoms with E-state index in [0.29, 0.717) is 36.6 Å². The fourth-order valence-corrected chi connectivity index (χ4v) is 3.39. The highest BCUT2D eigenvalue weighted by Crippen LogP contribution is 2.31. The summed E-state index contributed by atoms with van der Waals surface area (Å²) in [6.45, 7) is -0.420. The first-order valence-corrected chi connectivity index (χ1v) is 8.58. The lowest BCUT2D eigenvalue weighted by atomic mass is 10.1. The highest BCUT2D eigenvalue weighted by molar-refractivity contribution is 5.83. The summed E-state index contributed by atoms with van der Waals surface area (Å²) in [5.41, 5.74) is 0.688. The Labute approximate surface area is 157 Å². The standard InChI is InChI=1S/C18H17F4N3O3/c19-10-4-9(5-11(20)7-10)6-13(18(27)28)23-15(26)8-25-14-3-1-2-12(14)16(24-25)17(21)22/h4-5,7,13,17H,1-3,6,8H2,(H,23,26)(H,27,28). The van der Waals surface area contributed by atoms with E-state index in [2.05, 4.69) is 10.4 Å². The van der Waals surface area contributed by atoms with Crippen molar-refractivity contribution in [1.82, 2.24) is 15.1 Å². The van der Waals surface area contributed by atoms with Gasteiger partial charge < -0.3 is 10.4 Å². The molecule has 1 amide bonds. The number of benzene rings is 1. The van der Waals surface area contributed by atoms with Gasteiger partial charge in [0.15, 0.2) is 0 Å². The molecule has 150 valence electrons. The van der Waals surface area contributed by atoms with Gasteiger partial charge in [0.1, 0.15) is 29.9 Å². The number of carbonyl (C=O) groups excluding carboxylic acids is 1. The zero-order valence-corrected chi connectivity index (χ0v) is 14.6. The monoisotopic (exact) mass is 399 g/mol. The molecular formula is C18H17F4N3O3. The van der Waals surface area contributed by atoms with Crippen molar-refractivity contribution in [2.45, 2.75) is 44.7 Å². The molecule has 1 aliphatic rings. The quantitative estimate of drug-likeness (QED) is 0.701. The van der Waals surface area contributed by atoms with E-state index in [4.69, 9.17) is 0 Å². The second-order valence-electron chi connectivity index (χ2n) is 6.56. The van der Waals surface area contributed by atoms with Gasteiger partial charge in [-0.05, 0) is 37.0 Å². The molecule has 1 aromatic carbocycles. The molecule has 0 saturated carbocycles. The number of fused-ring (bicyclic) bond motifs is 1. The molecule has 1 heterocycles. The number of hydrogen-bond donors (Lipinski definition) is 2. The van der Waals surface area contributed by atoms with Gasteiger partial charge in [0.25, 0.3) is 6.43 Å². The van der Waals surface area contributed by atoms with Gasteiger partial charge in [-0.25, -0.2) is 22.4 Å². The Bertz CT molecular complexity index is 893. The van der Waals surface area contributed by atoms with Gasteiger partial charge in [0.2, 0.25) is 5.91 Å². The molecule has 0 radical (unpaired) electrons. The van der Waals surface area contributed by atoms with Gasteiger partial charge >= 0.3 is 5.97 Å². The van der Waals surface area contributed by atoms with Crippen LogP contribution in [0.15, 0.2) is 18.2 Å². The predicted octanol–water partition coefficient (Wildman–Crippen LogP) is 2.40. The van der Waals surface area contributed by atoms with Crippen molar-refractivity contribution >= 4 is 11.9 Å². The van der Waals surface area contributed by atoms with E-state index in [1.807, 2.05) is 0 Å². The first-order valence-electron chi connectivity index (χ1n) is 8.58. The van der Waals surface area contributed by atoms with Crippen molar-refractivity contribution in [1.29, 1.82) is 0 Å². The van der Waals surface area contributed by atoms with Gasteiger partial charge in [0.05, 0.1) is 0 Å². The van der Waals surface area contributed by atoms with Crippen LogP contribution in [-0.4, -0.2) is 32.8 Å². The summed E-state index contributed by atoms with van der Waals surface area (Å²) < 4.78 is 53.9. The normalized spacial score (nSPS) is 14.2. The molecule has 1 aliphatic carbocycles. The smallest absolute Gasteiger partial charge is 0.326 e. The number of nitrogens with one attached hydrogen (secondary N) is 1. The number of carbonyl (C=O) groups is 2. The van der Waals surface area contributed by atoms with E-state index in [1.54, 1.807) is 0 Å². The van der Waals surface area contributed by atoms with Crippen LogP contribution in [0.1, 0.15) is 35.4 Å². The second kappa shape index (κ2) is 7.99. The zero-order valence-electron chi connectivity index (χ0n) is 14.6. The lowest BCUT2D eigenvalue weighted by molar-refractivity contribution is -0.141. The number of carboxylic acids is 1. The molecule has 0 bridgehead atoms. The van der Waals surface area contributed by atoms with E-state index in [-0.39, 0.29) is 17.7 Å². The molecule has 0 saturated heterocycles. The van der Waals surface area contributed by atoms with Gasteiger partial charge in [0, 0.05) is 23.7 Å². The number of rotatable bonds is 7. The average Bonchev–Trinajstić information content (AvgIpc) is 3.17. The molecule has 0 spiro atoms. The van der Waals surface area contributed by atoms with Crippen molar-refractivity contribution in [3.8, 4) is 0 Å². The summed E-state index contributed by atoms with van der Waals surface area (Å²) in [5.74, 6) is -3.87. The molecule has 2 N–H and O–H groups in total. The zero-order chi connectivity index (χ0) is 20.4. The molecule has 6 nitrogen and oxygen atoms in total. The number of nitrogens with zero attached hydrogens (tertiary/aromatic N) is 2. The Hall–Kier alpha value is -2.91. The summed E-state index contributed by atoms with van der Waals surface area (Å²) in [5, 5.41) is 15.3. The molecule has 28 heavy (non-hydrogen) atoms. The summed E-state index contributed by atoms with van der Waals surface area (Å²) in [7, 11) is 0. The maximum Gasteiger partial charge on any atom is 0.326 e. The minimum Gasteiger partial charge on any atom is -0.480 e. The Morgan fingerprint density at radius 3 is 2.46 bits per heavy atom. The summed E-state index contributed by atoms with van der Waals surface area (Å²) in [6, 6.07) is 1.16. The summed E-state index contributed by atoms with van der Waals surface area (Å²) >= 11 is 0. The third-order valence-corrected chi connectivity index (χ3v) is 4.53. The van der Waals surface area contributed by atoms with E-state index in [9.17, 15) is 32.3 Å². The number of alkyl halides is 2. The highest BCUT2D eigenvalue weighted by Gasteiger charge is 2.28. The number of aromatic nitrogens is 2. The third kappa shape index (κ3) is 4.32. The second-order valence-corrected chi connectivity index (χ2v) is 6.56. The third-order valence-electron chi connectivity index (χ3n) is 4.53. The number of aliphatic carboxylic acids is 1. The van der Waals surface area contributed by atoms with Crippen LogP contribution < -0.4 is 5.32 Å². The number of halogens is 4. The molecule has 1 unspecified atom stereocenters. The first-order chi connectivity index (χ1) is 13.2. The summed E-state index contributed by atoms with van der Waals surface area (Å²) in [6.07, 6.45) is -1.45. The number of carboxylic acid groups (broad SMARTS) is 1. The van der Waals surface area contributed by atoms with Gasteiger partial charge in [-0.15, -0.1) is 0 Å². The average molecular weight is 399 g/mol. The predicted molar refractivity (Wildman–Crippen MR) is 88.8 cm³/mol. The van der Waals surface area contributed by atoms with E-state index in [1.165, 1.54) is 4.68 Å². The van der Waals surface area contributed by atoms with Crippen LogP contribution >= 0.6 is 0 Å². The van der Waals surface area contributed by atoms with Crippen molar-refractivity contribution in [2.24, 2.45) is 0 Å². The molecule has 10 heteroatoms. The topological polar surface area (TPSA) is 84.2 Å². The SMILES string of the molecule is O=C(Cn1nc(C(F)F)c2c1CCC2)NC(Cc1cc(F)cc(F)c1)C(=O)O. The minimum absolute atomic E-state index is 0.0603. The molecule has 2 aromatic rings. The van der Waals surface area contributed by atoms with Gasteiger partial charge in [-0.2, -0.15) is 5.10 Å². The van der Waals surface area contributed by atoms with Gasteiger partial charge in [-0.1, -0.05) is 0 Å². The van der Waals surface area contributed by atoms with Crippen LogP contribution in [0.25, 0.3) is 0 Å². The molecule has 3 rings (SSSR count). The van der Waals surface area contributed by atoms with E-state index < -0.39 is 42.5 Å². The maximum atomic E-state index is 13.3. The molecular weight excluding hydrogens is 382 g/mol. The maximum absolute atomic E-state index is 13.3. The lowest BCUT2D eigenvalue weighted by Gasteiger charge is -2.15. The van der Waals surface area contributed by atoms with Gasteiger partial charge in [-0.3, -0.25) is 9.48 Å². The van der Waals surface area contributed by atoms with E-state index >= 15 is 0 Å². The van der Waals surface area contributed by atoms with Crippen LogP contribution in [0.2, 0.25) is 0 Å². The van der Waals surface area contributed by atoms with Crippen LogP contribution in [0.5, 0.6) is 0 Å².